The van der Waals surface area contributed by atoms with Crippen molar-refractivity contribution in [2.75, 3.05) is 6.26 Å². The summed E-state index contributed by atoms with van der Waals surface area (Å²) in [6.07, 6.45) is 3.55. The minimum atomic E-state index is -1.10. The van der Waals surface area contributed by atoms with Gasteiger partial charge in [0.1, 0.15) is 11.6 Å². The predicted molar refractivity (Wildman–Crippen MR) is 76.0 cm³/mol. The third kappa shape index (κ3) is 2.47. The van der Waals surface area contributed by atoms with Gasteiger partial charge in [-0.05, 0) is 17.9 Å². The summed E-state index contributed by atoms with van der Waals surface area (Å²) in [6, 6.07) is 2.06. The highest BCUT2D eigenvalue weighted by atomic mass is 32.2. The largest absolute Gasteiger partial charge is 0.480 e. The number of aliphatic carboxylic acids is 1. The van der Waals surface area contributed by atoms with Gasteiger partial charge in [-0.15, -0.1) is 11.8 Å². The van der Waals surface area contributed by atoms with E-state index in [1.165, 1.54) is 17.8 Å². The zero-order valence-electron chi connectivity index (χ0n) is 10.6. The van der Waals surface area contributed by atoms with Gasteiger partial charge in [0.15, 0.2) is 0 Å². The Hall–Kier alpha value is -2.06. The van der Waals surface area contributed by atoms with E-state index in [1.54, 1.807) is 12.3 Å². The molecule has 0 bridgehead atoms. The number of nitro benzene ring substituents is 1. The van der Waals surface area contributed by atoms with Crippen LogP contribution in [0.1, 0.15) is 5.56 Å². The lowest BCUT2D eigenvalue weighted by molar-refractivity contribution is -0.383. The number of aromatic nitrogens is 1. The fourth-order valence-electron chi connectivity index (χ4n) is 2.08. The van der Waals surface area contributed by atoms with E-state index in [4.69, 9.17) is 10.8 Å². The predicted octanol–water partition coefficient (Wildman–Crippen LogP) is 1.75. The van der Waals surface area contributed by atoms with Crippen LogP contribution in [-0.2, 0) is 11.2 Å². The van der Waals surface area contributed by atoms with Crippen molar-refractivity contribution < 1.29 is 14.8 Å². The second kappa shape index (κ2) is 5.51. The Bertz CT molecular complexity index is 683. The number of rotatable bonds is 5. The second-order valence-electron chi connectivity index (χ2n) is 4.26. The first-order valence-electron chi connectivity index (χ1n) is 5.75. The highest BCUT2D eigenvalue weighted by molar-refractivity contribution is 7.98. The van der Waals surface area contributed by atoms with Crippen molar-refractivity contribution in [3.8, 4) is 0 Å². The number of carboxylic acid groups (broad SMARTS) is 1. The summed E-state index contributed by atoms with van der Waals surface area (Å²) < 4.78 is 0. The monoisotopic (exact) mass is 295 g/mol. The van der Waals surface area contributed by atoms with E-state index in [9.17, 15) is 14.9 Å². The van der Waals surface area contributed by atoms with E-state index in [1.807, 2.05) is 6.26 Å². The Morgan fingerprint density at radius 1 is 1.60 bits per heavy atom. The molecule has 0 spiro atoms. The summed E-state index contributed by atoms with van der Waals surface area (Å²) in [4.78, 5) is 25.1. The highest BCUT2D eigenvalue weighted by Gasteiger charge is 2.21. The molecule has 1 heterocycles. The number of H-pyrrole nitrogens is 1. The number of carboxylic acids is 1. The van der Waals surface area contributed by atoms with Gasteiger partial charge in [0.2, 0.25) is 0 Å². The summed E-state index contributed by atoms with van der Waals surface area (Å²) in [6.45, 7) is 0. The van der Waals surface area contributed by atoms with Crippen LogP contribution in [-0.4, -0.2) is 33.3 Å². The lowest BCUT2D eigenvalue weighted by Gasteiger charge is -2.07. The number of nitrogens with one attached hydrogen (secondary N) is 1. The first kappa shape index (κ1) is 14.4. The van der Waals surface area contributed by atoms with Gasteiger partial charge in [0.25, 0.3) is 5.69 Å². The van der Waals surface area contributed by atoms with Crippen LogP contribution in [0.15, 0.2) is 23.2 Å². The number of nitro groups is 1. The number of hydrogen-bond donors (Lipinski definition) is 3. The molecule has 0 saturated carbocycles. The standard InChI is InChI=1S/C12H13N3O4S/c1-20-9-3-2-8(15(18)19)11-10(9)6(5-14-11)4-7(13)12(16)17/h2-3,5,7,14H,4,13H2,1H3,(H,16,17). The molecule has 106 valence electrons. The van der Waals surface area contributed by atoms with Crippen molar-refractivity contribution in [3.63, 3.8) is 0 Å². The van der Waals surface area contributed by atoms with Gasteiger partial charge in [-0.25, -0.2) is 0 Å². The van der Waals surface area contributed by atoms with Crippen LogP contribution >= 0.6 is 11.8 Å². The fraction of sp³-hybridized carbons (Fsp3) is 0.250. The SMILES string of the molecule is CSc1ccc([N+](=O)[O-])c2[nH]cc(CC(N)C(=O)O)c12. The van der Waals surface area contributed by atoms with E-state index < -0.39 is 16.9 Å². The van der Waals surface area contributed by atoms with E-state index in [0.29, 0.717) is 16.5 Å². The molecule has 0 aliphatic heterocycles. The normalized spacial score (nSPS) is 12.5. The van der Waals surface area contributed by atoms with Crippen molar-refractivity contribution in [1.82, 2.24) is 4.98 Å². The van der Waals surface area contributed by atoms with Gasteiger partial charge in [0.05, 0.1) is 4.92 Å². The van der Waals surface area contributed by atoms with Crippen molar-refractivity contribution in [1.29, 1.82) is 0 Å². The van der Waals surface area contributed by atoms with Gasteiger partial charge in [0, 0.05) is 29.0 Å². The molecule has 20 heavy (non-hydrogen) atoms. The van der Waals surface area contributed by atoms with Crippen LogP contribution in [0, 0.1) is 10.1 Å². The van der Waals surface area contributed by atoms with Crippen LogP contribution in [0.2, 0.25) is 0 Å². The molecule has 0 saturated heterocycles. The first-order chi connectivity index (χ1) is 9.45. The molecule has 1 aromatic heterocycles. The quantitative estimate of drug-likeness (QED) is 0.439. The minimum absolute atomic E-state index is 0.0343. The van der Waals surface area contributed by atoms with Gasteiger partial charge < -0.3 is 15.8 Å². The Balaban J connectivity index is 2.60. The fourth-order valence-corrected chi connectivity index (χ4v) is 2.72. The Kier molecular flexibility index (Phi) is 3.96. The minimum Gasteiger partial charge on any atom is -0.480 e. The molecule has 0 aliphatic rings. The molecule has 1 aromatic carbocycles. The summed E-state index contributed by atoms with van der Waals surface area (Å²) >= 11 is 1.44. The maximum Gasteiger partial charge on any atom is 0.320 e. The number of nitrogens with two attached hydrogens (primary N) is 1. The number of carbonyl (C=O) groups is 1. The Morgan fingerprint density at radius 3 is 2.85 bits per heavy atom. The topological polar surface area (TPSA) is 122 Å². The number of non-ortho nitro benzene ring substituents is 1. The van der Waals surface area contributed by atoms with Gasteiger partial charge >= 0.3 is 5.97 Å². The summed E-state index contributed by atoms with van der Waals surface area (Å²) in [5.74, 6) is -1.10. The number of thioether (sulfide) groups is 1. The third-order valence-corrected chi connectivity index (χ3v) is 3.81. The number of aromatic amines is 1. The van der Waals surface area contributed by atoms with Crippen molar-refractivity contribution in [2.45, 2.75) is 17.4 Å². The van der Waals surface area contributed by atoms with E-state index in [2.05, 4.69) is 4.98 Å². The molecule has 1 unspecified atom stereocenters. The van der Waals surface area contributed by atoms with Crippen molar-refractivity contribution >= 4 is 34.3 Å². The molecule has 4 N–H and O–H groups in total. The van der Waals surface area contributed by atoms with Crippen LogP contribution in [0.3, 0.4) is 0 Å². The molecular formula is C12H13N3O4S. The zero-order chi connectivity index (χ0) is 14.9. The van der Waals surface area contributed by atoms with E-state index >= 15 is 0 Å². The number of nitrogens with zero attached hydrogens (tertiary/aromatic N) is 1. The van der Waals surface area contributed by atoms with Crippen molar-refractivity contribution in [3.05, 3.63) is 34.0 Å². The average molecular weight is 295 g/mol. The van der Waals surface area contributed by atoms with E-state index in [-0.39, 0.29) is 12.1 Å². The zero-order valence-corrected chi connectivity index (χ0v) is 11.4. The summed E-state index contributed by atoms with van der Waals surface area (Å²) in [7, 11) is 0. The van der Waals surface area contributed by atoms with Gasteiger partial charge in [-0.1, -0.05) is 0 Å². The highest BCUT2D eigenvalue weighted by Crippen LogP contribution is 2.35. The lowest BCUT2D eigenvalue weighted by Crippen LogP contribution is -2.32. The molecule has 7 nitrogen and oxygen atoms in total. The lowest BCUT2D eigenvalue weighted by atomic mass is 10.1. The molecule has 8 heteroatoms. The van der Waals surface area contributed by atoms with Gasteiger partial charge in [-0.2, -0.15) is 0 Å². The molecule has 2 rings (SSSR count). The maximum atomic E-state index is 11.0. The van der Waals surface area contributed by atoms with Crippen molar-refractivity contribution in [2.24, 2.45) is 5.73 Å². The first-order valence-corrected chi connectivity index (χ1v) is 6.98. The number of fused-ring (bicyclic) bond motifs is 1. The summed E-state index contributed by atoms with van der Waals surface area (Å²) in [5.41, 5.74) is 6.57. The molecule has 2 aromatic rings. The molecule has 0 aliphatic carbocycles. The van der Waals surface area contributed by atoms with Crippen LogP contribution < -0.4 is 5.73 Å². The Labute approximate surface area is 118 Å². The smallest absolute Gasteiger partial charge is 0.320 e. The number of hydrogen-bond acceptors (Lipinski definition) is 5. The van der Waals surface area contributed by atoms with Crippen LogP contribution in [0.25, 0.3) is 10.9 Å². The van der Waals surface area contributed by atoms with Gasteiger partial charge in [-0.3, -0.25) is 14.9 Å². The maximum absolute atomic E-state index is 11.0. The van der Waals surface area contributed by atoms with Crippen LogP contribution in [0.4, 0.5) is 5.69 Å². The Morgan fingerprint density at radius 2 is 2.30 bits per heavy atom. The molecule has 0 amide bonds. The molecule has 0 radical (unpaired) electrons. The third-order valence-electron chi connectivity index (χ3n) is 3.03. The number of benzene rings is 1. The second-order valence-corrected chi connectivity index (χ2v) is 5.10. The molecule has 1 atom stereocenters. The van der Waals surface area contributed by atoms with E-state index in [0.717, 1.165) is 4.90 Å². The molecular weight excluding hydrogens is 282 g/mol. The van der Waals surface area contributed by atoms with Crippen LogP contribution in [0.5, 0.6) is 0 Å². The average Bonchev–Trinajstić information content (AvgIpc) is 2.81. The molecule has 0 fully saturated rings. The summed E-state index contributed by atoms with van der Waals surface area (Å²) in [5, 5.41) is 20.6.